The Morgan fingerprint density at radius 1 is 1.29 bits per heavy atom. The Morgan fingerprint density at radius 2 is 1.95 bits per heavy atom. The number of phosphoric acid groups is 1. The third-order valence-electron chi connectivity index (χ3n) is 6.46. The van der Waals surface area contributed by atoms with Crippen LogP contribution in [-0.2, 0) is 32.7 Å². The summed E-state index contributed by atoms with van der Waals surface area (Å²) in [5.41, 5.74) is 9.68. The molecule has 1 amide bonds. The molecule has 22 heteroatoms. The van der Waals surface area contributed by atoms with Crippen LogP contribution in [0.5, 0.6) is 0 Å². The number of carbonyl (C=O) groups excluding carboxylic acids is 1. The molecule has 2 aliphatic rings. The first-order valence-electron chi connectivity index (χ1n) is 12.2. The number of carboxylic acid groups (broad SMARTS) is 1. The Morgan fingerprint density at radius 3 is 2.52 bits per heavy atom. The number of aliphatic carboxylic acids is 1. The predicted octanol–water partition coefficient (Wildman–Crippen LogP) is -6.33. The van der Waals surface area contributed by atoms with Crippen molar-refractivity contribution in [3.05, 3.63) is 22.7 Å². The molecule has 0 aliphatic carbocycles. The van der Waals surface area contributed by atoms with Crippen molar-refractivity contribution in [3.63, 3.8) is 0 Å². The number of carboxylic acids is 1. The lowest BCUT2D eigenvalue weighted by atomic mass is 9.88. The number of amides is 1. The summed E-state index contributed by atoms with van der Waals surface area (Å²) in [6.45, 7) is -2.71. The van der Waals surface area contributed by atoms with Crippen molar-refractivity contribution < 1.29 is 73.3 Å². The highest BCUT2D eigenvalue weighted by atomic mass is 31.2. The van der Waals surface area contributed by atoms with Gasteiger partial charge in [0.1, 0.15) is 42.4 Å². The van der Waals surface area contributed by atoms with Gasteiger partial charge in [0.2, 0.25) is 5.91 Å². The summed E-state index contributed by atoms with van der Waals surface area (Å²) in [6.07, 6.45) is -14.9. The monoisotopic (exact) mass is 629 g/mol. The van der Waals surface area contributed by atoms with Crippen molar-refractivity contribution in [2.75, 3.05) is 25.5 Å². The first-order valence-corrected chi connectivity index (χ1v) is 13.7. The van der Waals surface area contributed by atoms with Crippen LogP contribution in [0.25, 0.3) is 0 Å². The van der Waals surface area contributed by atoms with Crippen LogP contribution in [0.1, 0.15) is 12.6 Å². The van der Waals surface area contributed by atoms with Gasteiger partial charge in [-0.3, -0.25) is 13.9 Å². The lowest BCUT2D eigenvalue weighted by Gasteiger charge is -2.46. The number of ether oxygens (including phenoxy) is 2. The molecular formula is C20H32N5O16P. The second-order valence-electron chi connectivity index (χ2n) is 9.39. The Labute approximate surface area is 235 Å². The fourth-order valence-electron chi connectivity index (χ4n) is 4.33. The van der Waals surface area contributed by atoms with E-state index in [1.807, 2.05) is 0 Å². The zero-order valence-electron chi connectivity index (χ0n) is 21.5. The molecule has 21 nitrogen and oxygen atoms in total. The normalized spacial score (nSPS) is 34.3. The number of aliphatic hydroxyl groups excluding tert-OH is 6. The summed E-state index contributed by atoms with van der Waals surface area (Å²) >= 11 is 0. The molecule has 2 saturated heterocycles. The number of hydrogen-bond donors (Lipinski definition) is 11. The van der Waals surface area contributed by atoms with Crippen molar-refractivity contribution in [1.29, 1.82) is 0 Å². The number of aliphatic hydroxyl groups is 6. The minimum Gasteiger partial charge on any atom is -0.477 e. The topological polar surface area (TPSA) is 349 Å². The Kier molecular flexibility index (Phi) is 10.8. The van der Waals surface area contributed by atoms with E-state index in [4.69, 9.17) is 30.0 Å². The zero-order chi connectivity index (χ0) is 31.6. The molecule has 5 unspecified atom stereocenters. The summed E-state index contributed by atoms with van der Waals surface area (Å²) in [7, 11) is -5.54. The van der Waals surface area contributed by atoms with E-state index in [2.05, 4.69) is 10.3 Å². The summed E-state index contributed by atoms with van der Waals surface area (Å²) < 4.78 is 33.7. The summed E-state index contributed by atoms with van der Waals surface area (Å²) in [5, 5.41) is 72.8. The van der Waals surface area contributed by atoms with Crippen molar-refractivity contribution in [2.24, 2.45) is 5.73 Å². The van der Waals surface area contributed by atoms with Gasteiger partial charge in [-0.05, 0) is 6.07 Å². The van der Waals surface area contributed by atoms with Gasteiger partial charge in [0, 0.05) is 12.6 Å². The molecular weight excluding hydrogens is 597 g/mol. The van der Waals surface area contributed by atoms with E-state index in [0.29, 0.717) is 0 Å². The number of nitrogens with two attached hydrogens (primary N) is 2. The Balaban J connectivity index is 1.79. The van der Waals surface area contributed by atoms with E-state index < -0.39 is 112 Å². The summed E-state index contributed by atoms with van der Waals surface area (Å²) in [6, 6.07) is -0.442. The highest BCUT2D eigenvalue weighted by Gasteiger charge is 2.59. The van der Waals surface area contributed by atoms with E-state index in [9.17, 15) is 59.6 Å². The average Bonchev–Trinajstić information content (AvgIpc) is 3.20. The molecule has 13 N–H and O–H groups in total. The SMILES string of the molecule is NCC(=O)N[C@H]1C([C@H](O)C(O)CO)O[C@](OP(=O)(O)OCC2O[C@@H](n3ccc(N)nc3=O)[C@@H](O)C2O)(C(=O)O)C[C@H]1O. The molecule has 1 aromatic rings. The number of carbonyl (C=O) groups is 2. The number of hydrogen-bond acceptors (Lipinski definition) is 17. The molecule has 238 valence electrons. The third-order valence-corrected chi connectivity index (χ3v) is 7.46. The zero-order valence-corrected chi connectivity index (χ0v) is 22.4. The fraction of sp³-hybridized carbons (Fsp3) is 0.700. The number of nitrogen functional groups attached to an aromatic ring is 1. The Bertz CT molecular complexity index is 1240. The lowest BCUT2D eigenvalue weighted by molar-refractivity contribution is -0.289. The molecule has 0 bridgehead atoms. The maximum atomic E-state index is 12.8. The first-order chi connectivity index (χ1) is 19.6. The van der Waals surface area contributed by atoms with Crippen LogP contribution in [0.15, 0.2) is 17.1 Å². The van der Waals surface area contributed by atoms with Gasteiger partial charge in [0.25, 0.3) is 5.79 Å². The van der Waals surface area contributed by atoms with Crippen molar-refractivity contribution in [1.82, 2.24) is 14.9 Å². The molecule has 2 fully saturated rings. The van der Waals surface area contributed by atoms with Gasteiger partial charge >= 0.3 is 19.5 Å². The molecule has 3 heterocycles. The van der Waals surface area contributed by atoms with Crippen LogP contribution in [0.2, 0.25) is 0 Å². The molecule has 1 aromatic heterocycles. The predicted molar refractivity (Wildman–Crippen MR) is 132 cm³/mol. The molecule has 0 saturated carbocycles. The van der Waals surface area contributed by atoms with Crippen molar-refractivity contribution in [3.8, 4) is 0 Å². The second-order valence-corrected chi connectivity index (χ2v) is 10.8. The molecule has 42 heavy (non-hydrogen) atoms. The molecule has 0 radical (unpaired) electrons. The van der Waals surface area contributed by atoms with Gasteiger partial charge < -0.3 is 66.9 Å². The second kappa shape index (κ2) is 13.3. The summed E-state index contributed by atoms with van der Waals surface area (Å²) in [5.74, 6) is -6.39. The van der Waals surface area contributed by atoms with Gasteiger partial charge in [0.05, 0.1) is 31.9 Å². The largest absolute Gasteiger partial charge is 0.477 e. The highest BCUT2D eigenvalue weighted by Crippen LogP contribution is 2.51. The molecule has 0 spiro atoms. The number of phosphoric ester groups is 1. The number of anilines is 1. The maximum Gasteiger partial charge on any atom is 0.475 e. The third kappa shape index (κ3) is 7.29. The van der Waals surface area contributed by atoms with Gasteiger partial charge in [0.15, 0.2) is 6.23 Å². The van der Waals surface area contributed by atoms with E-state index >= 15 is 0 Å². The number of nitrogens with one attached hydrogen (secondary N) is 1. The standard InChI is InChI=1S/C20H32N5O16P/c21-4-11(29)24-12-7(27)3-20(18(33)34,40-16(12)13(30)8(28)5-26)41-42(36,37)38-6-9-14(31)15(32)17(39-9)25-2-1-10(22)23-19(25)35/h1-2,7-9,12-17,26-28,30-32H,3-6,21H2,(H,24,29)(H,33,34)(H,36,37)(H2,22,23,35)/t7-,8?,9?,12-,13-,14?,15+,16?,17-,20-/m1/s1. The number of rotatable bonds is 12. The maximum absolute atomic E-state index is 12.8. The van der Waals surface area contributed by atoms with Crippen LogP contribution in [0.3, 0.4) is 0 Å². The minimum atomic E-state index is -5.54. The van der Waals surface area contributed by atoms with Crippen LogP contribution in [0, 0.1) is 0 Å². The van der Waals surface area contributed by atoms with Crippen LogP contribution in [-0.4, -0.2) is 136 Å². The van der Waals surface area contributed by atoms with Crippen LogP contribution in [0.4, 0.5) is 5.82 Å². The minimum absolute atomic E-state index is 0.140. The van der Waals surface area contributed by atoms with E-state index in [1.165, 1.54) is 6.07 Å². The number of nitrogens with zero attached hydrogens (tertiary/aromatic N) is 2. The number of aromatic nitrogens is 2. The van der Waals surface area contributed by atoms with E-state index in [-0.39, 0.29) is 5.82 Å². The first kappa shape index (κ1) is 33.9. The van der Waals surface area contributed by atoms with Crippen molar-refractivity contribution in [2.45, 2.75) is 67.2 Å². The molecule has 11 atom stereocenters. The van der Waals surface area contributed by atoms with Crippen molar-refractivity contribution >= 4 is 25.5 Å². The lowest BCUT2D eigenvalue weighted by Crippen LogP contribution is -2.68. The average molecular weight is 629 g/mol. The molecule has 3 rings (SSSR count). The van der Waals surface area contributed by atoms with Gasteiger partial charge in [-0.15, -0.1) is 0 Å². The van der Waals surface area contributed by atoms with Gasteiger partial charge in [-0.2, -0.15) is 4.98 Å². The smallest absolute Gasteiger partial charge is 0.475 e. The van der Waals surface area contributed by atoms with Gasteiger partial charge in [-0.25, -0.2) is 18.7 Å². The summed E-state index contributed by atoms with van der Waals surface area (Å²) in [4.78, 5) is 49.9. The van der Waals surface area contributed by atoms with E-state index in [1.54, 1.807) is 0 Å². The molecule has 0 aromatic carbocycles. The fourth-order valence-corrected chi connectivity index (χ4v) is 5.28. The van der Waals surface area contributed by atoms with Gasteiger partial charge in [-0.1, -0.05) is 0 Å². The highest BCUT2D eigenvalue weighted by molar-refractivity contribution is 7.47. The van der Waals surface area contributed by atoms with Crippen LogP contribution < -0.4 is 22.5 Å². The molecule has 2 aliphatic heterocycles. The quantitative estimate of drug-likeness (QED) is 0.0957. The van der Waals surface area contributed by atoms with Crippen LogP contribution >= 0.6 is 7.82 Å². The Hall–Kier alpha value is -2.63. The van der Waals surface area contributed by atoms with E-state index in [0.717, 1.165) is 10.8 Å².